The molecule has 128 valence electrons. The number of rotatable bonds is 9. The molecule has 0 N–H and O–H groups in total. The fourth-order valence-corrected chi connectivity index (χ4v) is 5.81. The minimum Gasteiger partial charge on any atom is -0.285 e. The van der Waals surface area contributed by atoms with E-state index in [4.69, 9.17) is 0 Å². The molecule has 2 heterocycles. The number of piperidine rings is 2. The van der Waals surface area contributed by atoms with Crippen LogP contribution in [0.3, 0.4) is 0 Å². The van der Waals surface area contributed by atoms with E-state index in [0.29, 0.717) is 5.66 Å². The summed E-state index contributed by atoms with van der Waals surface area (Å²) in [6, 6.07) is 2.84. The highest BCUT2D eigenvalue weighted by molar-refractivity contribution is 6.35. The molecule has 0 amide bonds. The van der Waals surface area contributed by atoms with Crippen LogP contribution in [0.25, 0.3) is 0 Å². The zero-order valence-electron chi connectivity index (χ0n) is 15.0. The largest absolute Gasteiger partial charge is 0.285 e. The smallest absolute Gasteiger partial charge is 0.0734 e. The molecule has 2 rings (SSSR count). The van der Waals surface area contributed by atoms with Crippen molar-refractivity contribution < 1.29 is 0 Å². The van der Waals surface area contributed by atoms with Crippen LogP contribution in [0.4, 0.5) is 0 Å². The van der Waals surface area contributed by atoms with Crippen LogP contribution in [0.1, 0.15) is 64.7 Å². The summed E-state index contributed by atoms with van der Waals surface area (Å²) < 4.78 is 0. The molecule has 2 aliphatic rings. The molecule has 2 saturated heterocycles. The van der Waals surface area contributed by atoms with E-state index in [9.17, 15) is 0 Å². The molecule has 0 atom stereocenters. The summed E-state index contributed by atoms with van der Waals surface area (Å²) in [6.45, 7) is 11.7. The van der Waals surface area contributed by atoms with Crippen molar-refractivity contribution in [3.8, 4) is 0 Å². The van der Waals surface area contributed by atoms with Crippen molar-refractivity contribution >= 4 is 9.52 Å². The van der Waals surface area contributed by atoms with Crippen LogP contribution in [0.2, 0.25) is 12.1 Å². The minimum atomic E-state index is 0.123. The molecule has 2 aliphatic heterocycles. The molecule has 0 bridgehead atoms. The maximum Gasteiger partial charge on any atom is 0.0734 e. The van der Waals surface area contributed by atoms with E-state index >= 15 is 0 Å². The van der Waals surface area contributed by atoms with Crippen molar-refractivity contribution in [1.29, 1.82) is 0 Å². The predicted molar refractivity (Wildman–Crippen MR) is 101 cm³/mol. The Morgan fingerprint density at radius 2 is 1.50 bits per heavy atom. The van der Waals surface area contributed by atoms with Gasteiger partial charge in [0.15, 0.2) is 0 Å². The minimum absolute atomic E-state index is 0.123. The Hall–Kier alpha value is -0.123. The Morgan fingerprint density at radius 1 is 0.955 bits per heavy atom. The Bertz CT molecular complexity index is 289. The van der Waals surface area contributed by atoms with E-state index in [1.54, 1.807) is 0 Å². The van der Waals surface area contributed by atoms with Gasteiger partial charge in [-0.25, -0.2) is 0 Å². The molecule has 0 unspecified atom stereocenters. The van der Waals surface area contributed by atoms with Gasteiger partial charge < -0.3 is 0 Å². The van der Waals surface area contributed by atoms with Gasteiger partial charge in [-0.05, 0) is 70.7 Å². The van der Waals surface area contributed by atoms with Gasteiger partial charge in [-0.15, -0.1) is 6.58 Å². The van der Waals surface area contributed by atoms with Crippen LogP contribution in [0, 0.1) is 0 Å². The van der Waals surface area contributed by atoms with Gasteiger partial charge in [0.2, 0.25) is 0 Å². The second kappa shape index (κ2) is 9.89. The molecule has 0 aliphatic carbocycles. The number of hydrogen-bond donors (Lipinski definition) is 0. The molecule has 0 aromatic heterocycles. The van der Waals surface area contributed by atoms with Crippen LogP contribution in [-0.4, -0.2) is 51.2 Å². The van der Waals surface area contributed by atoms with E-state index < -0.39 is 0 Å². The first-order valence-electron chi connectivity index (χ1n) is 9.94. The molecule has 2 nitrogen and oxygen atoms in total. The van der Waals surface area contributed by atoms with Crippen molar-refractivity contribution in [1.82, 2.24) is 9.80 Å². The fraction of sp³-hybridized carbons (Fsp3) is 0.895. The Labute approximate surface area is 141 Å². The first kappa shape index (κ1) is 18.2. The summed E-state index contributed by atoms with van der Waals surface area (Å²) in [5, 5.41) is 0. The summed E-state index contributed by atoms with van der Waals surface area (Å²) in [5.41, 5.74) is 0.392. The summed E-state index contributed by atoms with van der Waals surface area (Å²) in [7, 11) is 0.123. The maximum atomic E-state index is 3.89. The molecule has 0 radical (unpaired) electrons. The van der Waals surface area contributed by atoms with Crippen molar-refractivity contribution in [2.75, 3.05) is 26.2 Å². The molecule has 2 fully saturated rings. The average molecular weight is 323 g/mol. The Morgan fingerprint density at radius 3 is 1.95 bits per heavy atom. The SMILES string of the molecule is C=CC[SiH2]CCCC(CC)(N1CCCCC1)N1CCCCC1. The quantitative estimate of drug-likeness (QED) is 0.359. The first-order chi connectivity index (χ1) is 10.8. The van der Waals surface area contributed by atoms with Gasteiger partial charge in [0.25, 0.3) is 0 Å². The molecular weight excluding hydrogens is 284 g/mol. The summed E-state index contributed by atoms with van der Waals surface area (Å²) in [4.78, 5) is 5.77. The lowest BCUT2D eigenvalue weighted by atomic mass is 9.91. The van der Waals surface area contributed by atoms with Gasteiger partial charge in [0.1, 0.15) is 0 Å². The molecule has 0 saturated carbocycles. The van der Waals surface area contributed by atoms with Crippen molar-refractivity contribution in [3.63, 3.8) is 0 Å². The highest BCUT2D eigenvalue weighted by Gasteiger charge is 2.40. The number of nitrogens with zero attached hydrogens (tertiary/aromatic N) is 2. The number of allylic oxidation sites excluding steroid dienone is 1. The van der Waals surface area contributed by atoms with Gasteiger partial charge in [-0.2, -0.15) is 0 Å². The number of likely N-dealkylation sites (tertiary alicyclic amines) is 2. The predicted octanol–water partition coefficient (Wildman–Crippen LogP) is 4.04. The average Bonchev–Trinajstić information content (AvgIpc) is 2.60. The molecule has 0 aromatic rings. The normalized spacial score (nSPS) is 22.4. The van der Waals surface area contributed by atoms with Crippen molar-refractivity contribution in [3.05, 3.63) is 12.7 Å². The fourth-order valence-electron chi connectivity index (χ4n) is 4.63. The highest BCUT2D eigenvalue weighted by atomic mass is 28.2. The summed E-state index contributed by atoms with van der Waals surface area (Å²) >= 11 is 0. The van der Waals surface area contributed by atoms with E-state index in [2.05, 4.69) is 29.4 Å². The molecule has 3 heteroatoms. The van der Waals surface area contributed by atoms with Gasteiger partial charge in [-0.3, -0.25) is 9.80 Å². The van der Waals surface area contributed by atoms with E-state index in [1.165, 1.54) is 96.1 Å². The first-order valence-corrected chi connectivity index (χ1v) is 11.9. The second-order valence-electron chi connectivity index (χ2n) is 7.32. The summed E-state index contributed by atoms with van der Waals surface area (Å²) in [5.74, 6) is 0. The van der Waals surface area contributed by atoms with Crippen LogP contribution in [0.5, 0.6) is 0 Å². The van der Waals surface area contributed by atoms with Crippen LogP contribution in [0.15, 0.2) is 12.7 Å². The van der Waals surface area contributed by atoms with Gasteiger partial charge in [-0.1, -0.05) is 38.3 Å². The van der Waals surface area contributed by atoms with E-state index in [0.717, 1.165) is 0 Å². The molecule has 0 aromatic carbocycles. The standard InChI is InChI=1S/C19H38N2Si/c1-3-17-22-18-11-12-19(4-2,20-13-7-5-8-14-20)21-15-9-6-10-16-21/h3H,1,4-18,22H2,2H3. The van der Waals surface area contributed by atoms with Crippen LogP contribution >= 0.6 is 0 Å². The second-order valence-corrected chi connectivity index (χ2v) is 9.31. The highest BCUT2D eigenvalue weighted by Crippen LogP contribution is 2.35. The lowest BCUT2D eigenvalue weighted by Crippen LogP contribution is -2.62. The lowest BCUT2D eigenvalue weighted by Gasteiger charge is -2.53. The third kappa shape index (κ3) is 4.69. The molecule has 0 spiro atoms. The van der Waals surface area contributed by atoms with Crippen LogP contribution < -0.4 is 0 Å². The zero-order chi connectivity index (χ0) is 15.7. The van der Waals surface area contributed by atoms with Crippen molar-refractivity contribution in [2.24, 2.45) is 0 Å². The van der Waals surface area contributed by atoms with Crippen LogP contribution in [-0.2, 0) is 0 Å². The topological polar surface area (TPSA) is 6.48 Å². The van der Waals surface area contributed by atoms with E-state index in [1.807, 2.05) is 0 Å². The van der Waals surface area contributed by atoms with Crippen molar-refractivity contribution in [2.45, 2.75) is 82.5 Å². The monoisotopic (exact) mass is 322 g/mol. The molecular formula is C19H38N2Si. The van der Waals surface area contributed by atoms with Gasteiger partial charge in [0, 0.05) is 9.52 Å². The lowest BCUT2D eigenvalue weighted by molar-refractivity contribution is -0.0865. The Kier molecular flexibility index (Phi) is 8.19. The molecule has 22 heavy (non-hydrogen) atoms. The van der Waals surface area contributed by atoms with Gasteiger partial charge in [0.05, 0.1) is 5.66 Å². The van der Waals surface area contributed by atoms with E-state index in [-0.39, 0.29) is 9.52 Å². The Balaban J connectivity index is 2.00. The third-order valence-electron chi connectivity index (χ3n) is 5.94. The summed E-state index contributed by atoms with van der Waals surface area (Å²) in [6.07, 6.45) is 14.9. The third-order valence-corrected chi connectivity index (χ3v) is 7.76. The zero-order valence-corrected chi connectivity index (χ0v) is 16.4. The van der Waals surface area contributed by atoms with Gasteiger partial charge >= 0.3 is 0 Å². The maximum absolute atomic E-state index is 3.89. The number of hydrogen-bond acceptors (Lipinski definition) is 2.